The highest BCUT2D eigenvalue weighted by Gasteiger charge is 2.46. The Morgan fingerprint density at radius 1 is 0.750 bits per heavy atom. The van der Waals surface area contributed by atoms with E-state index in [4.69, 9.17) is 4.74 Å². The summed E-state index contributed by atoms with van der Waals surface area (Å²) in [5.41, 5.74) is 9.67. The minimum Gasteiger partial charge on any atom is -0.445 e. The van der Waals surface area contributed by atoms with Crippen molar-refractivity contribution in [3.05, 3.63) is 83.4 Å². The van der Waals surface area contributed by atoms with E-state index in [0.29, 0.717) is 24.5 Å². The van der Waals surface area contributed by atoms with E-state index in [1.54, 1.807) is 5.56 Å². The van der Waals surface area contributed by atoms with Gasteiger partial charge in [-0.05, 0) is 48.2 Å². The number of carbonyl (C=O) groups excluding carboxylic acids is 1. The van der Waals surface area contributed by atoms with Gasteiger partial charge in [-0.15, -0.1) is 0 Å². The number of rotatable bonds is 2. The highest BCUT2D eigenvalue weighted by atomic mass is 16.6. The Bertz CT molecular complexity index is 1530. The number of nitrogens with one attached hydrogen (secondary N) is 1. The van der Waals surface area contributed by atoms with Gasteiger partial charge in [0.05, 0.1) is 22.7 Å². The van der Waals surface area contributed by atoms with Crippen LogP contribution < -0.4 is 24.9 Å². The molecule has 44 heavy (non-hydrogen) atoms. The van der Waals surface area contributed by atoms with Crippen LogP contribution in [0.25, 0.3) is 0 Å². The van der Waals surface area contributed by atoms with Crippen molar-refractivity contribution in [1.29, 1.82) is 0 Å². The zero-order chi connectivity index (χ0) is 29.8. The highest BCUT2D eigenvalue weighted by Crippen LogP contribution is 2.51. The van der Waals surface area contributed by atoms with Crippen LogP contribution in [0, 0.1) is 0 Å². The standard InChI is InChI=1S/C22H25N3O2.C14H19N3/c1-23-12-13-25-19-10-11-24(22(26)27-15-16-6-3-2-4-7-16)14-18(19)17-8-5-9-20(23)21(17)25;1-16-7-8-17-12-5-6-15-9-11(12)10-3-2-4-13(16)14(10)17/h2-9,18-19H,10-15H2,1H3;2-4,11-12,15H,5-9H2,1H3. The number of carbonyl (C=O) groups is 1. The van der Waals surface area contributed by atoms with E-state index >= 15 is 0 Å². The predicted molar refractivity (Wildman–Crippen MR) is 177 cm³/mol. The van der Waals surface area contributed by atoms with Crippen molar-refractivity contribution in [1.82, 2.24) is 10.2 Å². The number of hydrogen-bond donors (Lipinski definition) is 1. The summed E-state index contributed by atoms with van der Waals surface area (Å²) in [4.78, 5) is 24.5. The number of anilines is 4. The van der Waals surface area contributed by atoms with Crippen LogP contribution in [0.4, 0.5) is 27.5 Å². The van der Waals surface area contributed by atoms with Gasteiger partial charge in [0, 0.05) is 83.8 Å². The molecule has 0 spiro atoms. The molecule has 3 aromatic rings. The first-order chi connectivity index (χ1) is 21.6. The molecule has 8 heteroatoms. The Morgan fingerprint density at radius 3 is 2.07 bits per heavy atom. The normalized spacial score (nSPS) is 25.8. The Balaban J connectivity index is 0.000000145. The first-order valence-electron chi connectivity index (χ1n) is 16.5. The molecule has 4 atom stereocenters. The van der Waals surface area contributed by atoms with Gasteiger partial charge in [-0.1, -0.05) is 54.6 Å². The first-order valence-corrected chi connectivity index (χ1v) is 16.5. The number of amides is 1. The third-order valence-electron chi connectivity index (χ3n) is 10.9. The fourth-order valence-corrected chi connectivity index (χ4v) is 8.71. The molecule has 0 aromatic heterocycles. The van der Waals surface area contributed by atoms with E-state index in [2.05, 4.69) is 75.4 Å². The molecule has 1 N–H and O–H groups in total. The Kier molecular flexibility index (Phi) is 7.05. The second kappa shape index (κ2) is 11.2. The first kappa shape index (κ1) is 27.6. The SMILES string of the molecule is CN1CCN2c3c(cccc31)C1CN(C(=O)OCc3ccccc3)CCC12.CN1CCN2c3c(cccc31)C1CNCCC12. The number of likely N-dealkylation sites (tertiary alicyclic amines) is 1. The molecule has 230 valence electrons. The van der Waals surface area contributed by atoms with Gasteiger partial charge in [0.2, 0.25) is 0 Å². The highest BCUT2D eigenvalue weighted by molar-refractivity contribution is 5.82. The van der Waals surface area contributed by atoms with E-state index in [1.165, 1.54) is 47.8 Å². The summed E-state index contributed by atoms with van der Waals surface area (Å²) in [7, 11) is 4.38. The fraction of sp³-hybridized carbons (Fsp3) is 0.472. The summed E-state index contributed by atoms with van der Waals surface area (Å²) in [6.45, 7) is 8.66. The van der Waals surface area contributed by atoms with Crippen molar-refractivity contribution >= 4 is 28.8 Å². The van der Waals surface area contributed by atoms with Crippen molar-refractivity contribution in [2.45, 2.75) is 43.4 Å². The summed E-state index contributed by atoms with van der Waals surface area (Å²) in [5, 5.41) is 3.55. The number of likely N-dealkylation sites (N-methyl/N-ethyl adjacent to an activating group) is 2. The Hall–Kier alpha value is -3.91. The van der Waals surface area contributed by atoms with Crippen molar-refractivity contribution in [2.24, 2.45) is 0 Å². The van der Waals surface area contributed by atoms with Gasteiger partial charge < -0.3 is 34.6 Å². The summed E-state index contributed by atoms with van der Waals surface area (Å²) >= 11 is 0. The van der Waals surface area contributed by atoms with E-state index in [-0.39, 0.29) is 6.09 Å². The summed E-state index contributed by atoms with van der Waals surface area (Å²) < 4.78 is 5.58. The number of nitrogens with zero attached hydrogens (tertiary/aromatic N) is 5. The van der Waals surface area contributed by atoms with Crippen LogP contribution in [0.3, 0.4) is 0 Å². The molecular weight excluding hydrogens is 548 g/mol. The van der Waals surface area contributed by atoms with Gasteiger partial charge in [0.15, 0.2) is 0 Å². The maximum atomic E-state index is 12.6. The zero-order valence-corrected chi connectivity index (χ0v) is 26.0. The third kappa shape index (κ3) is 4.57. The molecular formula is C36H44N6O2. The molecule has 9 rings (SSSR count). The molecule has 0 aliphatic carbocycles. The largest absolute Gasteiger partial charge is 0.445 e. The lowest BCUT2D eigenvalue weighted by Gasteiger charge is -2.41. The molecule has 1 amide bonds. The number of benzene rings is 3. The topological polar surface area (TPSA) is 54.5 Å². The lowest BCUT2D eigenvalue weighted by atomic mass is 9.89. The summed E-state index contributed by atoms with van der Waals surface area (Å²) in [6.07, 6.45) is 2.10. The predicted octanol–water partition coefficient (Wildman–Crippen LogP) is 4.85. The van der Waals surface area contributed by atoms with Crippen molar-refractivity contribution in [3.8, 4) is 0 Å². The minimum absolute atomic E-state index is 0.194. The molecule has 2 fully saturated rings. The van der Waals surface area contributed by atoms with Gasteiger partial charge in [-0.2, -0.15) is 0 Å². The maximum absolute atomic E-state index is 12.6. The number of hydrogen-bond acceptors (Lipinski definition) is 7. The smallest absolute Gasteiger partial charge is 0.410 e. The molecule has 6 heterocycles. The second-order valence-corrected chi connectivity index (χ2v) is 13.3. The minimum atomic E-state index is -0.194. The quantitative estimate of drug-likeness (QED) is 0.457. The average Bonchev–Trinajstić information content (AvgIpc) is 3.58. The van der Waals surface area contributed by atoms with E-state index in [1.807, 2.05) is 35.2 Å². The molecule has 0 bridgehead atoms. The molecule has 2 saturated heterocycles. The van der Waals surface area contributed by atoms with Crippen LogP contribution in [-0.2, 0) is 11.3 Å². The van der Waals surface area contributed by atoms with E-state index in [9.17, 15) is 4.79 Å². The molecule has 0 radical (unpaired) electrons. The van der Waals surface area contributed by atoms with Crippen LogP contribution in [0.5, 0.6) is 0 Å². The molecule has 0 saturated carbocycles. The second-order valence-electron chi connectivity index (χ2n) is 13.3. The van der Waals surface area contributed by atoms with E-state index in [0.717, 1.165) is 57.3 Å². The molecule has 8 nitrogen and oxygen atoms in total. The maximum Gasteiger partial charge on any atom is 0.410 e. The number of ether oxygens (including phenoxy) is 1. The van der Waals surface area contributed by atoms with Gasteiger partial charge in [-0.3, -0.25) is 0 Å². The molecule has 3 aromatic carbocycles. The Labute approximate surface area is 261 Å². The zero-order valence-electron chi connectivity index (χ0n) is 26.0. The Morgan fingerprint density at radius 2 is 1.39 bits per heavy atom. The average molecular weight is 593 g/mol. The van der Waals surface area contributed by atoms with Gasteiger partial charge in [0.1, 0.15) is 6.61 Å². The molecule has 6 aliphatic rings. The van der Waals surface area contributed by atoms with Crippen LogP contribution in [-0.4, -0.2) is 89.5 Å². The van der Waals surface area contributed by atoms with Crippen LogP contribution >= 0.6 is 0 Å². The van der Waals surface area contributed by atoms with Crippen molar-refractivity contribution in [2.75, 3.05) is 86.1 Å². The molecule has 4 unspecified atom stereocenters. The number of piperidine rings is 2. The van der Waals surface area contributed by atoms with Crippen LogP contribution in [0.1, 0.15) is 41.4 Å². The van der Waals surface area contributed by atoms with Gasteiger partial charge in [-0.25, -0.2) is 4.79 Å². The van der Waals surface area contributed by atoms with Gasteiger partial charge >= 0.3 is 6.09 Å². The monoisotopic (exact) mass is 592 g/mol. The van der Waals surface area contributed by atoms with E-state index < -0.39 is 0 Å². The summed E-state index contributed by atoms with van der Waals surface area (Å²) in [5.74, 6) is 1.09. The molecule has 6 aliphatic heterocycles. The van der Waals surface area contributed by atoms with Crippen molar-refractivity contribution < 1.29 is 9.53 Å². The fourth-order valence-electron chi connectivity index (χ4n) is 8.71. The number of fused-ring (bicyclic) bond motifs is 6. The summed E-state index contributed by atoms with van der Waals surface area (Å²) in [6, 6.07) is 24.6. The lowest BCUT2D eigenvalue weighted by Crippen LogP contribution is -2.50. The van der Waals surface area contributed by atoms with Gasteiger partial charge in [0.25, 0.3) is 0 Å². The third-order valence-corrected chi connectivity index (χ3v) is 10.9. The number of para-hydroxylation sites is 2. The van der Waals surface area contributed by atoms with Crippen molar-refractivity contribution in [3.63, 3.8) is 0 Å². The lowest BCUT2D eigenvalue weighted by molar-refractivity contribution is 0.0837. The van der Waals surface area contributed by atoms with Crippen LogP contribution in [0.2, 0.25) is 0 Å². The van der Waals surface area contributed by atoms with Crippen LogP contribution in [0.15, 0.2) is 66.7 Å².